The minimum absolute atomic E-state index is 0.167. The molecule has 1 aromatic heterocycles. The number of carbonyl (C=O) groups is 1. The molecule has 1 aliphatic rings. The van der Waals surface area contributed by atoms with Crippen LogP contribution in [0.25, 0.3) is 6.08 Å². The van der Waals surface area contributed by atoms with Gasteiger partial charge in [-0.1, -0.05) is 29.5 Å². The molecular formula is C28H31N3O5S. The molecule has 0 spiro atoms. The molecule has 0 N–H and O–H groups in total. The van der Waals surface area contributed by atoms with E-state index in [0.717, 1.165) is 5.56 Å². The standard InChI is InChI=1S/C28H31N3O5S/c1-7-30(8-2)27(33)24-17(3)29-28-31(25(24)20-16-19(34-4)13-14-22(20)36-6)26(32)23(37-28)15-18-11-9-10-12-21(18)35-5/h9-16,25H,7-8H2,1-6H3/b23-15+/t25-/m0/s1. The van der Waals surface area contributed by atoms with Crippen LogP contribution in [0.2, 0.25) is 0 Å². The maximum atomic E-state index is 14.0. The molecule has 9 heteroatoms. The average Bonchev–Trinajstić information content (AvgIpc) is 3.22. The van der Waals surface area contributed by atoms with Crippen molar-refractivity contribution in [3.8, 4) is 17.2 Å². The number of methoxy groups -OCH3 is 3. The molecule has 0 bridgehead atoms. The summed E-state index contributed by atoms with van der Waals surface area (Å²) in [5.41, 5.74) is 2.18. The smallest absolute Gasteiger partial charge is 0.271 e. The number of nitrogens with zero attached hydrogens (tertiary/aromatic N) is 3. The Kier molecular flexibility index (Phi) is 7.83. The number of rotatable bonds is 8. The number of ether oxygens (including phenoxy) is 3. The van der Waals surface area contributed by atoms with Gasteiger partial charge in [-0.15, -0.1) is 0 Å². The zero-order valence-electron chi connectivity index (χ0n) is 21.9. The number of aromatic nitrogens is 1. The molecule has 0 aliphatic carbocycles. The fourth-order valence-electron chi connectivity index (χ4n) is 4.55. The number of carbonyl (C=O) groups excluding carboxylic acids is 1. The average molecular weight is 522 g/mol. The van der Waals surface area contributed by atoms with Gasteiger partial charge in [-0.3, -0.25) is 14.2 Å². The van der Waals surface area contributed by atoms with E-state index >= 15 is 0 Å². The Bertz CT molecular complexity index is 1530. The summed E-state index contributed by atoms with van der Waals surface area (Å²) in [5, 5.41) is 0. The van der Waals surface area contributed by atoms with E-state index in [-0.39, 0.29) is 11.5 Å². The van der Waals surface area contributed by atoms with Crippen LogP contribution in [0.15, 0.2) is 63.5 Å². The molecule has 0 saturated heterocycles. The number of hydrogen-bond donors (Lipinski definition) is 0. The molecule has 1 atom stereocenters. The van der Waals surface area contributed by atoms with E-state index < -0.39 is 6.04 Å². The Morgan fingerprint density at radius 2 is 1.76 bits per heavy atom. The van der Waals surface area contributed by atoms with Crippen LogP contribution in [-0.4, -0.2) is 49.8 Å². The summed E-state index contributed by atoms with van der Waals surface area (Å²) in [6, 6.07) is 12.1. The lowest BCUT2D eigenvalue weighted by molar-refractivity contribution is -0.127. The zero-order chi connectivity index (χ0) is 26.7. The van der Waals surface area contributed by atoms with Gasteiger partial charge in [-0.2, -0.15) is 0 Å². The van der Waals surface area contributed by atoms with Crippen LogP contribution < -0.4 is 29.1 Å². The fourth-order valence-corrected chi connectivity index (χ4v) is 5.59. The molecule has 37 heavy (non-hydrogen) atoms. The normalized spacial score (nSPS) is 15.2. The summed E-state index contributed by atoms with van der Waals surface area (Å²) < 4.78 is 18.7. The van der Waals surface area contributed by atoms with Crippen molar-refractivity contribution in [1.82, 2.24) is 9.47 Å². The maximum Gasteiger partial charge on any atom is 0.271 e. The molecule has 3 aromatic rings. The van der Waals surface area contributed by atoms with E-state index in [1.807, 2.05) is 51.1 Å². The van der Waals surface area contributed by atoms with Crippen molar-refractivity contribution in [2.75, 3.05) is 34.4 Å². The van der Waals surface area contributed by atoms with E-state index in [0.29, 0.717) is 56.5 Å². The number of benzene rings is 2. The number of allylic oxidation sites excluding steroid dienone is 1. The lowest BCUT2D eigenvalue weighted by atomic mass is 9.93. The van der Waals surface area contributed by atoms with E-state index in [1.54, 1.807) is 49.0 Å². The largest absolute Gasteiger partial charge is 0.497 e. The Labute approximate surface area is 219 Å². The number of thiazole rings is 1. The van der Waals surface area contributed by atoms with Gasteiger partial charge in [0.05, 0.1) is 37.1 Å². The van der Waals surface area contributed by atoms with Crippen molar-refractivity contribution in [2.45, 2.75) is 26.8 Å². The van der Waals surface area contributed by atoms with Crippen molar-refractivity contribution < 1.29 is 19.0 Å². The van der Waals surface area contributed by atoms with Gasteiger partial charge in [0.1, 0.15) is 23.3 Å². The molecule has 0 saturated carbocycles. The highest BCUT2D eigenvalue weighted by atomic mass is 32.1. The Morgan fingerprint density at radius 1 is 1.05 bits per heavy atom. The van der Waals surface area contributed by atoms with E-state index in [1.165, 1.54) is 11.3 Å². The van der Waals surface area contributed by atoms with Crippen molar-refractivity contribution >= 4 is 23.3 Å². The van der Waals surface area contributed by atoms with Crippen LogP contribution in [0.4, 0.5) is 0 Å². The van der Waals surface area contributed by atoms with Crippen LogP contribution in [0.5, 0.6) is 17.2 Å². The second kappa shape index (κ2) is 11.0. The van der Waals surface area contributed by atoms with Crippen molar-refractivity contribution in [3.63, 3.8) is 0 Å². The molecule has 0 unspecified atom stereocenters. The molecule has 1 amide bonds. The maximum absolute atomic E-state index is 14.0. The summed E-state index contributed by atoms with van der Waals surface area (Å²) in [6.45, 7) is 6.74. The summed E-state index contributed by atoms with van der Waals surface area (Å²) in [7, 11) is 4.74. The first-order chi connectivity index (χ1) is 17.9. The Hall–Kier alpha value is -3.85. The third kappa shape index (κ3) is 4.79. The van der Waals surface area contributed by atoms with Gasteiger partial charge >= 0.3 is 0 Å². The number of para-hydroxylation sites is 1. The predicted molar refractivity (Wildman–Crippen MR) is 144 cm³/mol. The first kappa shape index (κ1) is 26.2. The summed E-state index contributed by atoms with van der Waals surface area (Å²) in [6.07, 6.45) is 1.80. The summed E-state index contributed by atoms with van der Waals surface area (Å²) in [4.78, 5) is 34.7. The minimum Gasteiger partial charge on any atom is -0.497 e. The zero-order valence-corrected chi connectivity index (χ0v) is 22.7. The molecular weight excluding hydrogens is 490 g/mol. The molecule has 8 nitrogen and oxygen atoms in total. The summed E-state index contributed by atoms with van der Waals surface area (Å²) in [5.74, 6) is 1.63. The van der Waals surface area contributed by atoms with Gasteiger partial charge in [0.15, 0.2) is 4.80 Å². The quantitative estimate of drug-likeness (QED) is 0.455. The van der Waals surface area contributed by atoms with Crippen molar-refractivity contribution in [3.05, 3.63) is 84.5 Å². The van der Waals surface area contributed by atoms with Crippen LogP contribution in [0.3, 0.4) is 0 Å². The van der Waals surface area contributed by atoms with E-state index in [4.69, 9.17) is 19.2 Å². The van der Waals surface area contributed by atoms with Gasteiger partial charge in [0, 0.05) is 24.2 Å². The number of amides is 1. The van der Waals surface area contributed by atoms with Gasteiger partial charge in [0.25, 0.3) is 11.5 Å². The van der Waals surface area contributed by atoms with Gasteiger partial charge < -0.3 is 19.1 Å². The highest BCUT2D eigenvalue weighted by Crippen LogP contribution is 2.38. The molecule has 1 aliphatic heterocycles. The van der Waals surface area contributed by atoms with Gasteiger partial charge in [0.2, 0.25) is 0 Å². The number of hydrogen-bond acceptors (Lipinski definition) is 7. The lowest BCUT2D eigenvalue weighted by Crippen LogP contribution is -2.43. The first-order valence-corrected chi connectivity index (χ1v) is 12.9. The second-order valence-corrected chi connectivity index (χ2v) is 9.42. The third-order valence-corrected chi connectivity index (χ3v) is 7.44. The molecule has 2 heterocycles. The number of fused-ring (bicyclic) bond motifs is 1. The summed E-state index contributed by atoms with van der Waals surface area (Å²) >= 11 is 1.28. The molecule has 4 rings (SSSR count). The molecule has 194 valence electrons. The highest BCUT2D eigenvalue weighted by Gasteiger charge is 2.36. The van der Waals surface area contributed by atoms with Crippen LogP contribution in [-0.2, 0) is 4.79 Å². The highest BCUT2D eigenvalue weighted by molar-refractivity contribution is 7.07. The molecule has 0 fully saturated rings. The fraction of sp³-hybridized carbons (Fsp3) is 0.321. The van der Waals surface area contributed by atoms with Crippen LogP contribution >= 0.6 is 11.3 Å². The monoisotopic (exact) mass is 521 g/mol. The second-order valence-electron chi connectivity index (χ2n) is 8.41. The Morgan fingerprint density at radius 3 is 2.41 bits per heavy atom. The molecule has 2 aromatic carbocycles. The minimum atomic E-state index is -0.741. The van der Waals surface area contributed by atoms with Gasteiger partial charge in [-0.25, -0.2) is 4.99 Å². The van der Waals surface area contributed by atoms with Crippen molar-refractivity contribution in [1.29, 1.82) is 0 Å². The van der Waals surface area contributed by atoms with E-state index in [9.17, 15) is 9.59 Å². The van der Waals surface area contributed by atoms with E-state index in [2.05, 4.69) is 0 Å². The Balaban J connectivity index is 2.04. The number of likely N-dealkylation sites (N-methyl/N-ethyl adjacent to an activating group) is 1. The lowest BCUT2D eigenvalue weighted by Gasteiger charge is -2.30. The molecule has 0 radical (unpaired) electrons. The third-order valence-electron chi connectivity index (χ3n) is 6.46. The van der Waals surface area contributed by atoms with Crippen LogP contribution in [0, 0.1) is 0 Å². The predicted octanol–water partition coefficient (Wildman–Crippen LogP) is 3.13. The first-order valence-electron chi connectivity index (χ1n) is 12.0. The van der Waals surface area contributed by atoms with Crippen molar-refractivity contribution in [2.24, 2.45) is 4.99 Å². The topological polar surface area (TPSA) is 82.4 Å². The van der Waals surface area contributed by atoms with Gasteiger partial charge in [-0.05, 0) is 51.1 Å². The SMILES string of the molecule is CCN(CC)C(=O)C1=C(C)N=c2s/c(=C/c3ccccc3OC)c(=O)n2[C@H]1c1cc(OC)ccc1OC. The van der Waals surface area contributed by atoms with Crippen LogP contribution in [0.1, 0.15) is 37.9 Å².